The van der Waals surface area contributed by atoms with Crippen molar-refractivity contribution in [2.75, 3.05) is 39.9 Å². The molecule has 0 bridgehead atoms. The Balaban J connectivity index is 1.20. The zero-order valence-electron chi connectivity index (χ0n) is 23.1. The second-order valence-corrected chi connectivity index (χ2v) is 12.6. The number of piperidine rings is 1. The van der Waals surface area contributed by atoms with Gasteiger partial charge in [-0.25, -0.2) is 9.50 Å². The summed E-state index contributed by atoms with van der Waals surface area (Å²) in [6.07, 6.45) is 5.73. The molecule has 9 nitrogen and oxygen atoms in total. The number of likely N-dealkylation sites (tertiary alicyclic amines) is 1. The Bertz CT molecular complexity index is 1560. The van der Waals surface area contributed by atoms with Crippen molar-refractivity contribution < 1.29 is 14.3 Å². The average Bonchev–Trinajstić information content (AvgIpc) is 3.72. The highest BCUT2D eigenvalue weighted by Gasteiger charge is 2.34. The number of aryl methyl sites for hydroxylation is 1. The van der Waals surface area contributed by atoms with Crippen LogP contribution in [0.15, 0.2) is 12.5 Å². The number of amides is 1. The molecular weight excluding hydrogens is 512 g/mol. The number of thiophene rings is 1. The van der Waals surface area contributed by atoms with Crippen LogP contribution >= 0.6 is 11.3 Å². The standard InChI is InChI=1S/C29H36N6O3S/c1-16(2)23-24-17(3)26(18-5-7-34(8-6-18)29(36)22-14-37-10-9-33(22)4)39-28(24)32-25(23)19-11-35-27(30-15-31-35)21-13-38-12-20(19)21/h11,15-16,18,22,32H,5-10,12-14H2,1-4H3/t22-/m1/s1. The molecular formula is C29H36N6O3S. The van der Waals surface area contributed by atoms with Crippen LogP contribution in [0.4, 0.5) is 0 Å². The molecule has 7 heterocycles. The van der Waals surface area contributed by atoms with E-state index in [4.69, 9.17) is 9.47 Å². The fourth-order valence-corrected chi connectivity index (χ4v) is 8.19. The van der Waals surface area contributed by atoms with Crippen LogP contribution in [0.2, 0.25) is 0 Å². The van der Waals surface area contributed by atoms with Gasteiger partial charge >= 0.3 is 0 Å². The van der Waals surface area contributed by atoms with Gasteiger partial charge in [-0.15, -0.1) is 11.3 Å². The number of hydrogen-bond donors (Lipinski definition) is 1. The lowest BCUT2D eigenvalue weighted by molar-refractivity contribution is -0.143. The lowest BCUT2D eigenvalue weighted by Crippen LogP contribution is -2.54. The van der Waals surface area contributed by atoms with E-state index in [-0.39, 0.29) is 11.9 Å². The number of pyridine rings is 1. The minimum atomic E-state index is -0.146. The van der Waals surface area contributed by atoms with Gasteiger partial charge in [-0.05, 0) is 55.3 Å². The summed E-state index contributed by atoms with van der Waals surface area (Å²) in [5.74, 6) is 1.06. The first-order valence-corrected chi connectivity index (χ1v) is 14.9. The molecule has 0 spiro atoms. The molecule has 4 aromatic rings. The molecule has 0 aliphatic carbocycles. The number of rotatable bonds is 4. The monoisotopic (exact) mass is 548 g/mol. The lowest BCUT2D eigenvalue weighted by Gasteiger charge is -2.38. The second kappa shape index (κ2) is 9.69. The Morgan fingerprint density at radius 2 is 1.95 bits per heavy atom. The van der Waals surface area contributed by atoms with E-state index in [2.05, 4.69) is 51.8 Å². The average molecular weight is 549 g/mol. The molecule has 10 heteroatoms. The Morgan fingerprint density at radius 1 is 1.15 bits per heavy atom. The Labute approximate surface area is 232 Å². The van der Waals surface area contributed by atoms with E-state index in [0.29, 0.717) is 38.3 Å². The van der Waals surface area contributed by atoms with Crippen molar-refractivity contribution >= 4 is 33.1 Å². The van der Waals surface area contributed by atoms with Gasteiger partial charge in [0.15, 0.2) is 5.65 Å². The normalized spacial score (nSPS) is 21.1. The molecule has 2 saturated heterocycles. The lowest BCUT2D eigenvalue weighted by atomic mass is 9.89. The minimum absolute atomic E-state index is 0.146. The number of H-pyrrole nitrogens is 1. The maximum atomic E-state index is 13.2. The number of aromatic amines is 1. The summed E-state index contributed by atoms with van der Waals surface area (Å²) < 4.78 is 13.4. The van der Waals surface area contributed by atoms with Crippen LogP contribution in [0.5, 0.6) is 0 Å². The largest absolute Gasteiger partial charge is 0.378 e. The van der Waals surface area contributed by atoms with Crippen LogP contribution in [-0.2, 0) is 27.5 Å². The van der Waals surface area contributed by atoms with E-state index < -0.39 is 0 Å². The molecule has 2 fully saturated rings. The van der Waals surface area contributed by atoms with E-state index in [1.165, 1.54) is 37.5 Å². The van der Waals surface area contributed by atoms with Crippen LogP contribution < -0.4 is 0 Å². The van der Waals surface area contributed by atoms with E-state index in [0.717, 1.165) is 49.2 Å². The summed E-state index contributed by atoms with van der Waals surface area (Å²) in [5.41, 5.74) is 8.35. The third kappa shape index (κ3) is 4.03. The molecule has 39 heavy (non-hydrogen) atoms. The van der Waals surface area contributed by atoms with Crippen LogP contribution in [0, 0.1) is 6.92 Å². The van der Waals surface area contributed by atoms with E-state index in [1.54, 1.807) is 6.33 Å². The number of carbonyl (C=O) groups is 1. The maximum Gasteiger partial charge on any atom is 0.242 e. The molecule has 0 unspecified atom stereocenters. The SMILES string of the molecule is Cc1c(C2CCN(C(=O)[C@H]3COCCN3C)CC2)sc2[nH]c(-c3cn4ncnc4c4c3COC4)c(C(C)C)c12. The molecule has 7 rings (SSSR count). The van der Waals surface area contributed by atoms with Crippen LogP contribution in [0.1, 0.15) is 65.7 Å². The smallest absolute Gasteiger partial charge is 0.242 e. The van der Waals surface area contributed by atoms with Crippen molar-refractivity contribution in [1.29, 1.82) is 0 Å². The summed E-state index contributed by atoms with van der Waals surface area (Å²) in [7, 11) is 2.03. The molecule has 206 valence electrons. The number of nitrogens with one attached hydrogen (secondary N) is 1. The van der Waals surface area contributed by atoms with Crippen molar-refractivity contribution in [3.05, 3.63) is 39.7 Å². The second-order valence-electron chi connectivity index (χ2n) is 11.6. The predicted molar refractivity (Wildman–Crippen MR) is 151 cm³/mol. The summed E-state index contributed by atoms with van der Waals surface area (Å²) in [4.78, 5) is 28.4. The number of morpholine rings is 1. The van der Waals surface area contributed by atoms with Crippen LogP contribution in [0.25, 0.3) is 27.1 Å². The van der Waals surface area contributed by atoms with Gasteiger partial charge in [-0.2, -0.15) is 5.10 Å². The Morgan fingerprint density at radius 3 is 2.72 bits per heavy atom. The topological polar surface area (TPSA) is 88.0 Å². The highest BCUT2D eigenvalue weighted by Crippen LogP contribution is 2.47. The van der Waals surface area contributed by atoms with Gasteiger partial charge in [-0.3, -0.25) is 9.69 Å². The number of nitrogens with zero attached hydrogens (tertiary/aromatic N) is 5. The van der Waals surface area contributed by atoms with Gasteiger partial charge in [-0.1, -0.05) is 13.8 Å². The molecule has 1 atom stereocenters. The summed E-state index contributed by atoms with van der Waals surface area (Å²) in [5, 5.41) is 5.81. The third-order valence-electron chi connectivity index (χ3n) is 8.94. The van der Waals surface area contributed by atoms with Gasteiger partial charge in [0.25, 0.3) is 0 Å². The van der Waals surface area contributed by atoms with Crippen LogP contribution in [0.3, 0.4) is 0 Å². The van der Waals surface area contributed by atoms with Crippen molar-refractivity contribution in [3.8, 4) is 11.3 Å². The highest BCUT2D eigenvalue weighted by atomic mass is 32.1. The fourth-order valence-electron chi connectivity index (χ4n) is 6.79. The first-order chi connectivity index (χ1) is 18.9. The predicted octanol–water partition coefficient (Wildman–Crippen LogP) is 4.44. The number of aromatic nitrogens is 4. The Kier molecular flexibility index (Phi) is 6.26. The van der Waals surface area contributed by atoms with Crippen molar-refractivity contribution in [2.45, 2.75) is 64.7 Å². The molecule has 3 aliphatic rings. The van der Waals surface area contributed by atoms with Gasteiger partial charge in [0.2, 0.25) is 5.91 Å². The van der Waals surface area contributed by atoms with E-state index >= 15 is 0 Å². The highest BCUT2D eigenvalue weighted by molar-refractivity contribution is 7.19. The number of carbonyl (C=O) groups excluding carboxylic acids is 1. The first kappa shape index (κ1) is 25.2. The van der Waals surface area contributed by atoms with Crippen LogP contribution in [-0.4, -0.2) is 81.2 Å². The molecule has 3 aliphatic heterocycles. The number of ether oxygens (including phenoxy) is 2. The quantitative estimate of drug-likeness (QED) is 0.406. The van der Waals surface area contributed by atoms with Gasteiger partial charge in [0.05, 0.1) is 32.1 Å². The fraction of sp³-hybridized carbons (Fsp3) is 0.552. The zero-order chi connectivity index (χ0) is 26.8. The summed E-state index contributed by atoms with van der Waals surface area (Å²) in [6, 6.07) is -0.146. The number of hydrogen-bond acceptors (Lipinski definition) is 7. The molecule has 0 aromatic carbocycles. The summed E-state index contributed by atoms with van der Waals surface area (Å²) in [6.45, 7) is 11.7. The first-order valence-electron chi connectivity index (χ1n) is 14.1. The van der Waals surface area contributed by atoms with Crippen molar-refractivity contribution in [1.82, 2.24) is 29.4 Å². The van der Waals surface area contributed by atoms with Gasteiger partial charge in [0, 0.05) is 47.2 Å². The molecule has 1 amide bonds. The maximum absolute atomic E-state index is 13.2. The number of fused-ring (bicyclic) bond motifs is 4. The minimum Gasteiger partial charge on any atom is -0.378 e. The van der Waals surface area contributed by atoms with Gasteiger partial charge in [0.1, 0.15) is 17.2 Å². The Hall–Kier alpha value is -2.79. The summed E-state index contributed by atoms with van der Waals surface area (Å²) >= 11 is 1.90. The zero-order valence-corrected chi connectivity index (χ0v) is 23.9. The molecule has 0 radical (unpaired) electrons. The molecule has 0 saturated carbocycles. The van der Waals surface area contributed by atoms with E-state index in [1.807, 2.05) is 22.9 Å². The van der Waals surface area contributed by atoms with Crippen molar-refractivity contribution in [3.63, 3.8) is 0 Å². The number of likely N-dealkylation sites (N-methyl/N-ethyl adjacent to an activating group) is 1. The van der Waals surface area contributed by atoms with E-state index in [9.17, 15) is 4.79 Å². The van der Waals surface area contributed by atoms with Gasteiger partial charge < -0.3 is 19.4 Å². The molecule has 4 aromatic heterocycles. The third-order valence-corrected chi connectivity index (χ3v) is 10.3. The van der Waals surface area contributed by atoms with Crippen molar-refractivity contribution in [2.24, 2.45) is 0 Å². The molecule has 1 N–H and O–H groups in total.